The minimum absolute atomic E-state index is 0.00601. The molecular weight excluding hydrogens is 344 g/mol. The number of carbonyl (C=O) groups is 1. The summed E-state index contributed by atoms with van der Waals surface area (Å²) in [5, 5.41) is 3.20. The molecule has 7 nitrogen and oxygen atoms in total. The molecule has 0 aliphatic rings. The van der Waals surface area contributed by atoms with Crippen LogP contribution in [-0.4, -0.2) is 20.9 Å². The van der Waals surface area contributed by atoms with Crippen molar-refractivity contribution < 1.29 is 4.79 Å². The lowest BCUT2D eigenvalue weighted by Crippen LogP contribution is -2.31. The lowest BCUT2D eigenvalue weighted by molar-refractivity contribution is 0.0926. The van der Waals surface area contributed by atoms with Crippen LogP contribution in [0, 0.1) is 5.41 Å². The molecule has 0 saturated carbocycles. The second-order valence-electron chi connectivity index (χ2n) is 7.73. The largest absolute Gasteiger partial charge is 0.345 e. The van der Waals surface area contributed by atoms with E-state index >= 15 is 0 Å². The SMILES string of the molecule is CC(C)(C)CC(NC(=O)c1cnc2[nH]c(=O)[nH]c(=O)c2c1)c1ccccc1. The monoisotopic (exact) mass is 366 g/mol. The van der Waals surface area contributed by atoms with Gasteiger partial charge in [0, 0.05) is 6.20 Å². The summed E-state index contributed by atoms with van der Waals surface area (Å²) in [6.45, 7) is 6.34. The van der Waals surface area contributed by atoms with Gasteiger partial charge in [0.05, 0.1) is 17.0 Å². The van der Waals surface area contributed by atoms with Crippen molar-refractivity contribution in [1.29, 1.82) is 0 Å². The van der Waals surface area contributed by atoms with Crippen molar-refractivity contribution in [3.63, 3.8) is 0 Å². The van der Waals surface area contributed by atoms with Crippen LogP contribution in [0.2, 0.25) is 0 Å². The average molecular weight is 366 g/mol. The van der Waals surface area contributed by atoms with Crippen molar-refractivity contribution in [1.82, 2.24) is 20.3 Å². The number of nitrogens with one attached hydrogen (secondary N) is 3. The number of rotatable bonds is 4. The predicted octanol–water partition coefficient (Wildman–Crippen LogP) is 2.52. The minimum Gasteiger partial charge on any atom is -0.345 e. The number of carbonyl (C=O) groups excluding carboxylic acids is 1. The number of hydrogen-bond acceptors (Lipinski definition) is 4. The van der Waals surface area contributed by atoms with E-state index in [0.717, 1.165) is 12.0 Å². The molecule has 0 radical (unpaired) electrons. The van der Waals surface area contributed by atoms with Crippen molar-refractivity contribution in [2.45, 2.75) is 33.2 Å². The fraction of sp³-hybridized carbons (Fsp3) is 0.300. The van der Waals surface area contributed by atoms with Crippen molar-refractivity contribution in [2.75, 3.05) is 0 Å². The van der Waals surface area contributed by atoms with E-state index in [-0.39, 0.29) is 34.0 Å². The zero-order chi connectivity index (χ0) is 19.6. The Bertz CT molecular complexity index is 1080. The van der Waals surface area contributed by atoms with Crippen molar-refractivity contribution >= 4 is 16.9 Å². The molecule has 2 aromatic heterocycles. The van der Waals surface area contributed by atoms with E-state index < -0.39 is 11.2 Å². The van der Waals surface area contributed by atoms with Gasteiger partial charge in [0.25, 0.3) is 11.5 Å². The van der Waals surface area contributed by atoms with E-state index in [2.05, 4.69) is 41.0 Å². The normalized spacial score (nSPS) is 12.7. The maximum Gasteiger partial charge on any atom is 0.327 e. The first-order valence-electron chi connectivity index (χ1n) is 8.71. The summed E-state index contributed by atoms with van der Waals surface area (Å²) in [6.07, 6.45) is 2.10. The van der Waals surface area contributed by atoms with Crippen molar-refractivity contribution in [2.24, 2.45) is 5.41 Å². The zero-order valence-electron chi connectivity index (χ0n) is 15.5. The summed E-state index contributed by atoms with van der Waals surface area (Å²) < 4.78 is 0. The molecule has 3 rings (SSSR count). The summed E-state index contributed by atoms with van der Waals surface area (Å²) >= 11 is 0. The molecule has 140 valence electrons. The quantitative estimate of drug-likeness (QED) is 0.659. The molecule has 27 heavy (non-hydrogen) atoms. The molecule has 0 spiro atoms. The first-order valence-corrected chi connectivity index (χ1v) is 8.71. The van der Waals surface area contributed by atoms with Crippen LogP contribution < -0.4 is 16.6 Å². The number of pyridine rings is 1. The van der Waals surface area contributed by atoms with E-state index in [1.54, 1.807) is 0 Å². The fourth-order valence-electron chi connectivity index (χ4n) is 2.96. The highest BCUT2D eigenvalue weighted by atomic mass is 16.2. The highest BCUT2D eigenvalue weighted by Crippen LogP contribution is 2.29. The maximum atomic E-state index is 12.8. The fourth-order valence-corrected chi connectivity index (χ4v) is 2.96. The van der Waals surface area contributed by atoms with Gasteiger partial charge in [0.15, 0.2) is 0 Å². The van der Waals surface area contributed by atoms with Gasteiger partial charge >= 0.3 is 5.69 Å². The van der Waals surface area contributed by atoms with E-state index in [1.165, 1.54) is 12.3 Å². The van der Waals surface area contributed by atoms with E-state index in [1.807, 2.05) is 30.3 Å². The third-order valence-electron chi connectivity index (χ3n) is 4.18. The van der Waals surface area contributed by atoms with Gasteiger partial charge in [0.1, 0.15) is 5.65 Å². The van der Waals surface area contributed by atoms with Crippen molar-refractivity contribution in [3.8, 4) is 0 Å². The van der Waals surface area contributed by atoms with E-state index in [9.17, 15) is 14.4 Å². The standard InChI is InChI=1S/C20H22N4O3/c1-20(2,3)10-15(12-7-5-4-6-8-12)22-17(25)13-9-14-16(21-11-13)23-19(27)24-18(14)26/h4-9,11,15H,10H2,1-3H3,(H,22,25)(H2,21,23,24,26,27). The van der Waals surface area contributed by atoms with Crippen LogP contribution in [0.1, 0.15) is 49.2 Å². The first-order chi connectivity index (χ1) is 12.7. The molecule has 3 aromatic rings. The number of amides is 1. The molecular formula is C20H22N4O3. The number of nitrogens with zero attached hydrogens (tertiary/aromatic N) is 1. The van der Waals surface area contributed by atoms with E-state index in [4.69, 9.17) is 0 Å². The van der Waals surface area contributed by atoms with Crippen LogP contribution >= 0.6 is 0 Å². The first kappa shape index (κ1) is 18.6. The molecule has 0 aliphatic carbocycles. The van der Waals surface area contributed by atoms with Gasteiger partial charge in [-0.15, -0.1) is 0 Å². The van der Waals surface area contributed by atoms with Gasteiger partial charge in [0.2, 0.25) is 0 Å². The Morgan fingerprint density at radius 2 is 1.85 bits per heavy atom. The zero-order valence-corrected chi connectivity index (χ0v) is 15.5. The summed E-state index contributed by atoms with van der Waals surface area (Å²) in [7, 11) is 0. The third kappa shape index (κ3) is 4.49. The van der Waals surface area contributed by atoms with Crippen LogP contribution in [-0.2, 0) is 0 Å². The number of benzene rings is 1. The average Bonchev–Trinajstić information content (AvgIpc) is 2.60. The van der Waals surface area contributed by atoms with Gasteiger partial charge in [-0.25, -0.2) is 9.78 Å². The molecule has 1 amide bonds. The molecule has 3 N–H and O–H groups in total. The Morgan fingerprint density at radius 1 is 1.15 bits per heavy atom. The number of hydrogen-bond donors (Lipinski definition) is 3. The summed E-state index contributed by atoms with van der Waals surface area (Å²) in [6, 6.07) is 11.0. The summed E-state index contributed by atoms with van der Waals surface area (Å²) in [5.74, 6) is -0.326. The van der Waals surface area contributed by atoms with Gasteiger partial charge in [-0.2, -0.15) is 0 Å². The highest BCUT2D eigenvalue weighted by Gasteiger charge is 2.22. The third-order valence-corrected chi connectivity index (χ3v) is 4.18. The number of fused-ring (bicyclic) bond motifs is 1. The molecule has 0 fully saturated rings. The van der Waals surface area contributed by atoms with Crippen LogP contribution in [0.3, 0.4) is 0 Å². The second-order valence-corrected chi connectivity index (χ2v) is 7.73. The number of aromatic amines is 2. The molecule has 0 aliphatic heterocycles. The lowest BCUT2D eigenvalue weighted by Gasteiger charge is -2.27. The Morgan fingerprint density at radius 3 is 2.52 bits per heavy atom. The molecule has 1 atom stereocenters. The van der Waals surface area contributed by atoms with Crippen LogP contribution in [0.25, 0.3) is 11.0 Å². The molecule has 1 unspecified atom stereocenters. The van der Waals surface area contributed by atoms with Crippen LogP contribution in [0.4, 0.5) is 0 Å². The molecule has 1 aromatic carbocycles. The molecule has 7 heteroatoms. The Hall–Kier alpha value is -3.22. The van der Waals surface area contributed by atoms with Crippen molar-refractivity contribution in [3.05, 3.63) is 74.6 Å². The predicted molar refractivity (Wildman–Crippen MR) is 104 cm³/mol. The summed E-state index contributed by atoms with van der Waals surface area (Å²) in [4.78, 5) is 44.7. The molecule has 0 bridgehead atoms. The lowest BCUT2D eigenvalue weighted by atomic mass is 9.85. The van der Waals surface area contributed by atoms with Gasteiger partial charge < -0.3 is 5.32 Å². The van der Waals surface area contributed by atoms with Gasteiger partial charge in [-0.1, -0.05) is 51.1 Å². The Kier molecular flexibility index (Phi) is 4.94. The highest BCUT2D eigenvalue weighted by molar-refractivity contribution is 5.96. The van der Waals surface area contributed by atoms with Crippen LogP contribution in [0.5, 0.6) is 0 Å². The molecule has 2 heterocycles. The van der Waals surface area contributed by atoms with Gasteiger partial charge in [-0.3, -0.25) is 19.6 Å². The maximum absolute atomic E-state index is 12.8. The Labute approximate surface area is 155 Å². The summed E-state index contributed by atoms with van der Waals surface area (Å²) in [5.41, 5.74) is 0.212. The smallest absolute Gasteiger partial charge is 0.327 e. The van der Waals surface area contributed by atoms with E-state index in [0.29, 0.717) is 0 Å². The topological polar surface area (TPSA) is 108 Å². The van der Waals surface area contributed by atoms with Crippen LogP contribution in [0.15, 0.2) is 52.2 Å². The Balaban J connectivity index is 1.92. The minimum atomic E-state index is -0.633. The number of aromatic nitrogens is 3. The second kappa shape index (κ2) is 7.19. The molecule has 0 saturated heterocycles. The number of H-pyrrole nitrogens is 2. The van der Waals surface area contributed by atoms with Gasteiger partial charge in [-0.05, 0) is 23.5 Å².